The predicted octanol–water partition coefficient (Wildman–Crippen LogP) is 7.25. The maximum absolute atomic E-state index is 6.44. The molecule has 0 aliphatic heterocycles. The van der Waals surface area contributed by atoms with E-state index in [9.17, 15) is 0 Å². The second-order valence-electron chi connectivity index (χ2n) is 6.84. The molecule has 1 N–H and O–H groups in total. The van der Waals surface area contributed by atoms with E-state index in [2.05, 4.69) is 15.5 Å². The van der Waals surface area contributed by atoms with Gasteiger partial charge in [-0.25, -0.2) is 4.98 Å². The molecule has 0 aliphatic carbocycles. The first-order valence-corrected chi connectivity index (χ1v) is 10.8. The van der Waals surface area contributed by atoms with Crippen LogP contribution in [0.5, 0.6) is 0 Å². The molecule has 0 radical (unpaired) electrons. The zero-order chi connectivity index (χ0) is 20.7. The molecule has 5 rings (SSSR count). The number of para-hydroxylation sites is 1. The molecular weight excluding hydrogens is 437 g/mol. The summed E-state index contributed by atoms with van der Waals surface area (Å²) in [6.07, 6.45) is 0. The number of anilines is 1. The monoisotopic (exact) mass is 451 g/mol. The van der Waals surface area contributed by atoms with E-state index in [4.69, 9.17) is 27.6 Å². The van der Waals surface area contributed by atoms with Gasteiger partial charge in [0, 0.05) is 22.0 Å². The highest BCUT2D eigenvalue weighted by Crippen LogP contribution is 2.30. The number of rotatable bonds is 3. The highest BCUT2D eigenvalue weighted by molar-refractivity contribution is 7.22. The highest BCUT2D eigenvalue weighted by Gasteiger charge is 2.11. The Morgan fingerprint density at radius 2 is 1.80 bits per heavy atom. The molecule has 2 heterocycles. The van der Waals surface area contributed by atoms with Crippen LogP contribution in [-0.4, -0.2) is 4.98 Å². The van der Waals surface area contributed by atoms with Gasteiger partial charge in [0.25, 0.3) is 0 Å². The van der Waals surface area contributed by atoms with Crippen molar-refractivity contribution in [2.75, 3.05) is 5.43 Å². The maximum atomic E-state index is 6.44. The minimum atomic E-state index is 0.433. The standard InChI is InChI=1S/C23H15Cl2N3OS/c1-13-6-8-14(9-7-13)20-12-19(16-10-15(24)11-17(25)22(16)29-20)27-28-23-26-18-4-2-3-5-21(18)30-23/h2-12H,1H3,(H,26,28)/b27-19+. The quantitative estimate of drug-likeness (QED) is 0.293. The fourth-order valence-corrected chi connectivity index (χ4v) is 4.52. The van der Waals surface area contributed by atoms with Crippen LogP contribution < -0.4 is 10.8 Å². The molecule has 0 fully saturated rings. The minimum absolute atomic E-state index is 0.433. The number of fused-ring (bicyclic) bond motifs is 2. The Bertz CT molecular complexity index is 1420. The van der Waals surface area contributed by atoms with Gasteiger partial charge in [0.1, 0.15) is 5.76 Å². The van der Waals surface area contributed by atoms with Gasteiger partial charge in [-0.1, -0.05) is 76.5 Å². The molecule has 2 aromatic heterocycles. The lowest BCUT2D eigenvalue weighted by Gasteiger charge is -2.07. The molecule has 7 heteroatoms. The van der Waals surface area contributed by atoms with Crippen LogP contribution >= 0.6 is 34.5 Å². The van der Waals surface area contributed by atoms with E-state index in [1.807, 2.05) is 61.5 Å². The van der Waals surface area contributed by atoms with Gasteiger partial charge in [-0.3, -0.25) is 5.43 Å². The van der Waals surface area contributed by atoms with Crippen molar-refractivity contribution in [2.24, 2.45) is 5.10 Å². The number of hydrogen-bond donors (Lipinski definition) is 1. The van der Waals surface area contributed by atoms with Crippen LogP contribution in [0.1, 0.15) is 5.56 Å². The fourth-order valence-electron chi connectivity index (χ4n) is 3.18. The summed E-state index contributed by atoms with van der Waals surface area (Å²) in [6, 6.07) is 21.4. The lowest BCUT2D eigenvalue weighted by molar-refractivity contribution is 0.618. The Balaban J connectivity index is 1.68. The first kappa shape index (κ1) is 19.1. The van der Waals surface area contributed by atoms with Gasteiger partial charge >= 0.3 is 0 Å². The SMILES string of the molecule is Cc1ccc(-c2c/c(=N\Nc3nc4ccccc4s3)c3cc(Cl)cc(Cl)c3o2)cc1. The average molecular weight is 452 g/mol. The number of aromatic nitrogens is 1. The molecule has 0 saturated heterocycles. The second kappa shape index (κ2) is 7.76. The molecular formula is C23H15Cl2N3OS. The van der Waals surface area contributed by atoms with Gasteiger partial charge in [0.05, 0.1) is 20.6 Å². The number of thiazole rings is 1. The van der Waals surface area contributed by atoms with Gasteiger partial charge in [0.15, 0.2) is 5.58 Å². The van der Waals surface area contributed by atoms with Gasteiger partial charge in [0.2, 0.25) is 5.13 Å². The summed E-state index contributed by atoms with van der Waals surface area (Å²) in [6.45, 7) is 2.04. The first-order chi connectivity index (χ1) is 14.6. The highest BCUT2D eigenvalue weighted by atomic mass is 35.5. The number of halogens is 2. The molecule has 0 bridgehead atoms. The van der Waals surface area contributed by atoms with Crippen LogP contribution in [0.2, 0.25) is 10.0 Å². The largest absolute Gasteiger partial charge is 0.454 e. The summed E-state index contributed by atoms with van der Waals surface area (Å²) in [7, 11) is 0. The van der Waals surface area contributed by atoms with Crippen molar-refractivity contribution >= 4 is 60.9 Å². The zero-order valence-corrected chi connectivity index (χ0v) is 18.1. The average Bonchev–Trinajstić information content (AvgIpc) is 3.16. The third-order valence-corrected chi connectivity index (χ3v) is 6.11. The van der Waals surface area contributed by atoms with Crippen molar-refractivity contribution in [1.82, 2.24) is 4.98 Å². The topological polar surface area (TPSA) is 50.4 Å². The Labute approximate surface area is 186 Å². The summed E-state index contributed by atoms with van der Waals surface area (Å²) >= 11 is 14.2. The summed E-state index contributed by atoms with van der Waals surface area (Å²) in [5.74, 6) is 0.663. The first-order valence-electron chi connectivity index (χ1n) is 9.22. The number of nitrogens with zero attached hydrogens (tertiary/aromatic N) is 2. The molecule has 3 aromatic carbocycles. The Morgan fingerprint density at radius 3 is 2.60 bits per heavy atom. The third kappa shape index (κ3) is 3.67. The number of hydrogen-bond acceptors (Lipinski definition) is 5. The number of benzene rings is 3. The van der Waals surface area contributed by atoms with E-state index in [0.29, 0.717) is 31.9 Å². The molecule has 30 heavy (non-hydrogen) atoms. The van der Waals surface area contributed by atoms with Gasteiger partial charge in [-0.05, 0) is 31.2 Å². The fraction of sp³-hybridized carbons (Fsp3) is 0.0435. The van der Waals surface area contributed by atoms with Crippen LogP contribution in [0.3, 0.4) is 0 Å². The molecule has 4 nitrogen and oxygen atoms in total. The molecule has 0 atom stereocenters. The number of aryl methyl sites for hydroxylation is 1. The van der Waals surface area contributed by atoms with Crippen molar-refractivity contribution in [1.29, 1.82) is 0 Å². The van der Waals surface area contributed by atoms with Gasteiger partial charge in [-0.15, -0.1) is 0 Å². The predicted molar refractivity (Wildman–Crippen MR) is 125 cm³/mol. The second-order valence-corrected chi connectivity index (χ2v) is 8.71. The molecule has 0 spiro atoms. The van der Waals surface area contributed by atoms with E-state index in [-0.39, 0.29) is 0 Å². The lowest BCUT2D eigenvalue weighted by atomic mass is 10.1. The van der Waals surface area contributed by atoms with E-state index < -0.39 is 0 Å². The molecule has 0 saturated carbocycles. The summed E-state index contributed by atoms with van der Waals surface area (Å²) < 4.78 is 7.22. The smallest absolute Gasteiger partial charge is 0.204 e. The normalized spacial score (nSPS) is 12.0. The Hall–Kier alpha value is -2.86. The molecule has 0 amide bonds. The van der Waals surface area contributed by atoms with Crippen molar-refractivity contribution < 1.29 is 4.42 Å². The van der Waals surface area contributed by atoms with Crippen molar-refractivity contribution in [3.63, 3.8) is 0 Å². The van der Waals surface area contributed by atoms with Crippen LogP contribution in [0, 0.1) is 6.92 Å². The van der Waals surface area contributed by atoms with Crippen molar-refractivity contribution in [3.8, 4) is 11.3 Å². The van der Waals surface area contributed by atoms with E-state index in [1.165, 1.54) is 16.9 Å². The van der Waals surface area contributed by atoms with Crippen LogP contribution in [-0.2, 0) is 0 Å². The van der Waals surface area contributed by atoms with Gasteiger partial charge in [-0.2, -0.15) is 5.10 Å². The maximum Gasteiger partial charge on any atom is 0.204 e. The summed E-state index contributed by atoms with van der Waals surface area (Å²) in [5.41, 5.74) is 6.64. The Morgan fingerprint density at radius 1 is 1.00 bits per heavy atom. The van der Waals surface area contributed by atoms with Crippen LogP contribution in [0.25, 0.3) is 32.5 Å². The molecule has 5 aromatic rings. The summed E-state index contributed by atoms with van der Waals surface area (Å²) in [5, 5.41) is 7.64. The van der Waals surface area contributed by atoms with Crippen LogP contribution in [0.4, 0.5) is 5.13 Å². The number of nitrogens with one attached hydrogen (secondary N) is 1. The minimum Gasteiger partial charge on any atom is -0.454 e. The van der Waals surface area contributed by atoms with Crippen molar-refractivity contribution in [3.05, 3.63) is 87.7 Å². The Kier molecular flexibility index (Phi) is 4.95. The van der Waals surface area contributed by atoms with Crippen molar-refractivity contribution in [2.45, 2.75) is 6.92 Å². The molecule has 0 unspecified atom stereocenters. The van der Waals surface area contributed by atoms with E-state index in [0.717, 1.165) is 21.2 Å². The van der Waals surface area contributed by atoms with E-state index in [1.54, 1.807) is 12.1 Å². The zero-order valence-electron chi connectivity index (χ0n) is 15.8. The molecule has 0 aliphatic rings. The summed E-state index contributed by atoms with van der Waals surface area (Å²) in [4.78, 5) is 4.57. The van der Waals surface area contributed by atoms with Crippen LogP contribution in [0.15, 0.2) is 76.2 Å². The third-order valence-electron chi connectivity index (χ3n) is 4.67. The van der Waals surface area contributed by atoms with Gasteiger partial charge < -0.3 is 4.42 Å². The molecule has 148 valence electrons. The lowest BCUT2D eigenvalue weighted by Crippen LogP contribution is -2.07. The van der Waals surface area contributed by atoms with E-state index >= 15 is 0 Å².